The number of hydrogen-bond acceptors (Lipinski definition) is 7. The summed E-state index contributed by atoms with van der Waals surface area (Å²) in [6.07, 6.45) is -3.75. The largest absolute Gasteiger partial charge is 0.504 e. The molecule has 0 aromatic heterocycles. The van der Waals surface area contributed by atoms with Gasteiger partial charge in [-0.15, -0.1) is 0 Å². The number of aliphatic hydroxyl groups is 2. The summed E-state index contributed by atoms with van der Waals surface area (Å²) in [4.78, 5) is 11.0. The number of ether oxygens (including phenoxy) is 3. The maximum atomic E-state index is 11.0. The number of phenolic OH excluding ortho intramolecular Hbond substituents is 1. The van der Waals surface area contributed by atoms with Crippen molar-refractivity contribution >= 4 is 5.78 Å². The number of aliphatic hydroxyl groups excluding tert-OH is 2. The Morgan fingerprint density at radius 3 is 2.55 bits per heavy atom. The molecule has 0 amide bonds. The Kier molecular flexibility index (Phi) is 4.56. The Labute approximate surface area is 115 Å². The van der Waals surface area contributed by atoms with Crippen LogP contribution in [-0.2, 0) is 14.3 Å². The van der Waals surface area contributed by atoms with E-state index in [-0.39, 0.29) is 30.5 Å². The Hall–Kier alpha value is -1.67. The average molecular weight is 284 g/mol. The number of rotatable bonds is 4. The number of methoxy groups -OCH3 is 1. The molecule has 0 radical (unpaired) electrons. The fourth-order valence-electron chi connectivity index (χ4n) is 1.86. The number of ketones is 1. The second kappa shape index (κ2) is 6.19. The van der Waals surface area contributed by atoms with Crippen LogP contribution in [0.1, 0.15) is 11.7 Å². The van der Waals surface area contributed by atoms with Gasteiger partial charge in [0.15, 0.2) is 23.6 Å². The third-order valence-corrected chi connectivity index (χ3v) is 2.96. The topological polar surface area (TPSA) is 105 Å². The van der Waals surface area contributed by atoms with Crippen LogP contribution in [0.4, 0.5) is 0 Å². The fourth-order valence-corrected chi connectivity index (χ4v) is 1.86. The maximum Gasteiger partial charge on any atom is 0.187 e. The van der Waals surface area contributed by atoms with Gasteiger partial charge >= 0.3 is 0 Å². The lowest BCUT2D eigenvalue weighted by atomic mass is 10.0. The number of aromatic hydroxyl groups is 1. The van der Waals surface area contributed by atoms with Gasteiger partial charge < -0.3 is 29.5 Å². The summed E-state index contributed by atoms with van der Waals surface area (Å²) >= 11 is 0. The molecule has 1 aromatic carbocycles. The van der Waals surface area contributed by atoms with Gasteiger partial charge in [0.25, 0.3) is 0 Å². The first kappa shape index (κ1) is 14.7. The van der Waals surface area contributed by atoms with Crippen LogP contribution in [0.5, 0.6) is 11.5 Å². The van der Waals surface area contributed by atoms with E-state index < -0.39 is 18.5 Å². The normalized spacial score (nSPS) is 19.6. The van der Waals surface area contributed by atoms with Gasteiger partial charge in [0.05, 0.1) is 7.11 Å². The predicted octanol–water partition coefficient (Wildman–Crippen LogP) is -0.263. The first-order valence-electron chi connectivity index (χ1n) is 6.01. The molecule has 0 saturated carbocycles. The molecule has 1 aromatic rings. The van der Waals surface area contributed by atoms with Crippen molar-refractivity contribution in [1.82, 2.24) is 0 Å². The molecule has 0 unspecified atom stereocenters. The number of Topliss-reactive ketones (excluding diaryl/α,β-unsaturated/α-hetero) is 1. The van der Waals surface area contributed by atoms with Gasteiger partial charge in [0.2, 0.25) is 0 Å². The van der Waals surface area contributed by atoms with Crippen molar-refractivity contribution in [1.29, 1.82) is 0 Å². The zero-order chi connectivity index (χ0) is 14.7. The highest BCUT2D eigenvalue weighted by atomic mass is 16.7. The number of hydrogen-bond donors (Lipinski definition) is 3. The van der Waals surface area contributed by atoms with Crippen LogP contribution in [0, 0.1) is 0 Å². The Morgan fingerprint density at radius 1 is 1.30 bits per heavy atom. The van der Waals surface area contributed by atoms with E-state index in [4.69, 9.17) is 14.2 Å². The molecular weight excluding hydrogens is 268 g/mol. The Balaban J connectivity index is 2.09. The van der Waals surface area contributed by atoms with Crippen LogP contribution in [0.25, 0.3) is 0 Å². The maximum absolute atomic E-state index is 11.0. The third kappa shape index (κ3) is 3.07. The molecule has 1 saturated heterocycles. The summed E-state index contributed by atoms with van der Waals surface area (Å²) < 4.78 is 15.0. The lowest BCUT2D eigenvalue weighted by Crippen LogP contribution is -2.42. The van der Waals surface area contributed by atoms with Gasteiger partial charge in [-0.2, -0.15) is 0 Å². The van der Waals surface area contributed by atoms with E-state index in [0.29, 0.717) is 5.56 Å². The van der Waals surface area contributed by atoms with Gasteiger partial charge in [-0.1, -0.05) is 6.07 Å². The van der Waals surface area contributed by atoms with Gasteiger partial charge in [-0.3, -0.25) is 4.79 Å². The van der Waals surface area contributed by atoms with E-state index in [1.54, 1.807) is 0 Å². The van der Waals surface area contributed by atoms with Crippen LogP contribution in [0.3, 0.4) is 0 Å². The fraction of sp³-hybridized carbons (Fsp3) is 0.462. The van der Waals surface area contributed by atoms with Crippen molar-refractivity contribution in [3.05, 3.63) is 23.8 Å². The van der Waals surface area contributed by atoms with Gasteiger partial charge in [-0.25, -0.2) is 0 Å². The highest BCUT2D eigenvalue weighted by Crippen LogP contribution is 2.31. The molecule has 7 heteroatoms. The van der Waals surface area contributed by atoms with E-state index >= 15 is 0 Å². The molecule has 3 N–H and O–H groups in total. The molecule has 1 aliphatic rings. The van der Waals surface area contributed by atoms with E-state index in [2.05, 4.69) is 0 Å². The first-order chi connectivity index (χ1) is 9.52. The van der Waals surface area contributed by atoms with Crippen molar-refractivity contribution in [3.63, 3.8) is 0 Å². The summed E-state index contributed by atoms with van der Waals surface area (Å²) in [7, 11) is 1.38. The van der Waals surface area contributed by atoms with E-state index in [9.17, 15) is 20.1 Å². The summed E-state index contributed by atoms with van der Waals surface area (Å²) in [6.45, 7) is -0.319. The summed E-state index contributed by atoms with van der Waals surface area (Å²) in [5.74, 6) is -0.127. The minimum Gasteiger partial charge on any atom is -0.504 e. The number of phenols is 1. The lowest BCUT2D eigenvalue weighted by Gasteiger charge is -2.29. The number of carbonyl (C=O) groups is 1. The summed E-state index contributed by atoms with van der Waals surface area (Å²) in [5.41, 5.74) is 0.330. The molecule has 20 heavy (non-hydrogen) atoms. The highest BCUT2D eigenvalue weighted by molar-refractivity contribution is 5.81. The van der Waals surface area contributed by atoms with Gasteiger partial charge in [0, 0.05) is 0 Å². The van der Waals surface area contributed by atoms with Crippen molar-refractivity contribution in [3.8, 4) is 11.5 Å². The highest BCUT2D eigenvalue weighted by Gasteiger charge is 2.32. The summed E-state index contributed by atoms with van der Waals surface area (Å²) in [5, 5.41) is 29.6. The van der Waals surface area contributed by atoms with Crippen LogP contribution < -0.4 is 4.74 Å². The van der Waals surface area contributed by atoms with Crippen molar-refractivity contribution in [2.24, 2.45) is 0 Å². The lowest BCUT2D eigenvalue weighted by molar-refractivity contribution is -0.233. The molecule has 0 bridgehead atoms. The van der Waals surface area contributed by atoms with E-state index in [1.165, 1.54) is 25.3 Å². The Bertz CT molecular complexity index is 478. The minimum absolute atomic E-state index is 0.0753. The molecule has 0 aliphatic carbocycles. The van der Waals surface area contributed by atoms with E-state index in [0.717, 1.165) is 0 Å². The SMILES string of the molecule is COc1cc([C@H](O)[C@H](O)C2OCC(=O)CO2)ccc1O. The molecule has 1 aliphatic heterocycles. The van der Waals surface area contributed by atoms with Crippen LogP contribution in [-0.4, -0.2) is 53.8 Å². The van der Waals surface area contributed by atoms with Crippen LogP contribution in [0.15, 0.2) is 18.2 Å². The smallest absolute Gasteiger partial charge is 0.187 e. The third-order valence-electron chi connectivity index (χ3n) is 2.96. The first-order valence-corrected chi connectivity index (χ1v) is 6.01. The minimum atomic E-state index is -1.36. The molecule has 2 atom stereocenters. The van der Waals surface area contributed by atoms with Crippen molar-refractivity contribution in [2.45, 2.75) is 18.5 Å². The molecule has 1 heterocycles. The molecule has 0 spiro atoms. The second-order valence-corrected chi connectivity index (χ2v) is 4.40. The zero-order valence-corrected chi connectivity index (χ0v) is 10.9. The quantitative estimate of drug-likeness (QED) is 0.699. The van der Waals surface area contributed by atoms with Crippen molar-refractivity contribution < 1.29 is 34.3 Å². The molecule has 1 fully saturated rings. The second-order valence-electron chi connectivity index (χ2n) is 4.40. The Morgan fingerprint density at radius 2 is 1.95 bits per heavy atom. The molecule has 7 nitrogen and oxygen atoms in total. The molecule has 2 rings (SSSR count). The van der Waals surface area contributed by atoms with Crippen molar-refractivity contribution in [2.75, 3.05) is 20.3 Å². The predicted molar refractivity (Wildman–Crippen MR) is 66.3 cm³/mol. The van der Waals surface area contributed by atoms with Crippen LogP contribution in [0.2, 0.25) is 0 Å². The van der Waals surface area contributed by atoms with Gasteiger partial charge in [-0.05, 0) is 17.7 Å². The number of benzene rings is 1. The molecular formula is C13H16O7. The average Bonchev–Trinajstić information content (AvgIpc) is 2.47. The van der Waals surface area contributed by atoms with Gasteiger partial charge in [0.1, 0.15) is 25.4 Å². The van der Waals surface area contributed by atoms with E-state index in [1.807, 2.05) is 0 Å². The zero-order valence-electron chi connectivity index (χ0n) is 10.9. The van der Waals surface area contributed by atoms with Crippen LogP contribution >= 0.6 is 0 Å². The number of carbonyl (C=O) groups excluding carboxylic acids is 1. The standard InChI is InChI=1S/C13H16O7/c1-18-10-4-7(2-3-9(10)15)11(16)12(17)13-19-5-8(14)6-20-13/h2-4,11-13,15-17H,5-6H2,1H3/t11-,12-/m0/s1. The molecule has 110 valence electrons. The summed E-state index contributed by atoms with van der Waals surface area (Å²) in [6, 6.07) is 4.19. The monoisotopic (exact) mass is 284 g/mol.